The molecule has 2 rings (SSSR count). The Morgan fingerprint density at radius 1 is 1.42 bits per heavy atom. The van der Waals surface area contributed by atoms with Crippen molar-refractivity contribution in [3.05, 3.63) is 24.0 Å². The minimum atomic E-state index is -0.784. The average molecular weight is 263 g/mol. The molecule has 102 valence electrons. The monoisotopic (exact) mass is 263 g/mol. The van der Waals surface area contributed by atoms with Crippen molar-refractivity contribution in [3.63, 3.8) is 0 Å². The van der Waals surface area contributed by atoms with Gasteiger partial charge in [0.1, 0.15) is 0 Å². The van der Waals surface area contributed by atoms with E-state index in [0.717, 1.165) is 5.56 Å². The summed E-state index contributed by atoms with van der Waals surface area (Å²) in [6.07, 6.45) is 5.06. The molecular weight excluding hydrogens is 246 g/mol. The van der Waals surface area contributed by atoms with Gasteiger partial charge in [-0.2, -0.15) is 0 Å². The lowest BCUT2D eigenvalue weighted by molar-refractivity contribution is -0.141. The van der Waals surface area contributed by atoms with Crippen LogP contribution in [0.2, 0.25) is 0 Å². The average Bonchev–Trinajstić information content (AvgIpc) is 2.80. The number of amides is 2. The van der Waals surface area contributed by atoms with Gasteiger partial charge in [0.05, 0.1) is 17.8 Å². The highest BCUT2D eigenvalue weighted by atomic mass is 16.4. The largest absolute Gasteiger partial charge is 0.481 e. The number of aryl methyl sites for hydroxylation is 1. The zero-order valence-corrected chi connectivity index (χ0v) is 10.7. The third-order valence-corrected chi connectivity index (χ3v) is 3.40. The molecular formula is C13H17N3O3. The van der Waals surface area contributed by atoms with Crippen LogP contribution < -0.4 is 10.6 Å². The lowest BCUT2D eigenvalue weighted by Crippen LogP contribution is -2.36. The van der Waals surface area contributed by atoms with Crippen LogP contribution in [0.4, 0.5) is 10.5 Å². The van der Waals surface area contributed by atoms with Crippen LogP contribution >= 0.6 is 0 Å². The third kappa shape index (κ3) is 3.43. The van der Waals surface area contributed by atoms with E-state index in [1.807, 2.05) is 13.0 Å². The van der Waals surface area contributed by atoms with Gasteiger partial charge in [0.2, 0.25) is 0 Å². The second kappa shape index (κ2) is 5.69. The quantitative estimate of drug-likeness (QED) is 0.775. The molecule has 19 heavy (non-hydrogen) atoms. The number of nitrogens with zero attached hydrogens (tertiary/aromatic N) is 1. The summed E-state index contributed by atoms with van der Waals surface area (Å²) in [5.41, 5.74) is 1.59. The number of aliphatic carboxylic acids is 1. The van der Waals surface area contributed by atoms with Crippen LogP contribution in [0.3, 0.4) is 0 Å². The normalized spacial score (nSPS) is 21.9. The molecule has 1 saturated carbocycles. The summed E-state index contributed by atoms with van der Waals surface area (Å²) in [5, 5.41) is 14.4. The van der Waals surface area contributed by atoms with Crippen molar-refractivity contribution in [2.75, 3.05) is 5.32 Å². The van der Waals surface area contributed by atoms with E-state index in [0.29, 0.717) is 24.9 Å². The second-order valence-electron chi connectivity index (χ2n) is 4.83. The maximum absolute atomic E-state index is 11.8. The SMILES string of the molecule is Cc1ccncc1NC(=O)N[C@H]1CC[C@@H](C(=O)O)C1. The zero-order chi connectivity index (χ0) is 13.8. The third-order valence-electron chi connectivity index (χ3n) is 3.40. The van der Waals surface area contributed by atoms with Crippen molar-refractivity contribution >= 4 is 17.7 Å². The molecule has 1 fully saturated rings. The first-order chi connectivity index (χ1) is 9.06. The number of rotatable bonds is 3. The number of carboxylic acids is 1. The highest BCUT2D eigenvalue weighted by molar-refractivity contribution is 5.90. The van der Waals surface area contributed by atoms with Crippen LogP contribution in [0.25, 0.3) is 0 Å². The minimum Gasteiger partial charge on any atom is -0.481 e. The highest BCUT2D eigenvalue weighted by Crippen LogP contribution is 2.25. The number of urea groups is 1. The Morgan fingerprint density at radius 3 is 2.84 bits per heavy atom. The molecule has 2 atom stereocenters. The van der Waals surface area contributed by atoms with Gasteiger partial charge in [0.15, 0.2) is 0 Å². The number of hydrogen-bond acceptors (Lipinski definition) is 3. The topological polar surface area (TPSA) is 91.3 Å². The molecule has 1 heterocycles. The standard InChI is InChI=1S/C13H17N3O3/c1-8-4-5-14-7-11(8)16-13(19)15-10-3-2-9(6-10)12(17)18/h4-5,7,9-10H,2-3,6H2,1H3,(H,17,18)(H2,15,16,19)/t9-,10+/m1/s1. The molecule has 3 N–H and O–H groups in total. The van der Waals surface area contributed by atoms with Crippen molar-refractivity contribution in [2.45, 2.75) is 32.2 Å². The van der Waals surface area contributed by atoms with Crippen molar-refractivity contribution in [2.24, 2.45) is 5.92 Å². The molecule has 0 saturated heterocycles. The fourth-order valence-corrected chi connectivity index (χ4v) is 2.28. The van der Waals surface area contributed by atoms with E-state index in [1.54, 1.807) is 12.4 Å². The van der Waals surface area contributed by atoms with E-state index in [2.05, 4.69) is 15.6 Å². The first-order valence-electron chi connectivity index (χ1n) is 6.27. The Bertz CT molecular complexity index is 490. The molecule has 1 aliphatic rings. The van der Waals surface area contributed by atoms with Gasteiger partial charge in [-0.1, -0.05) is 0 Å². The van der Waals surface area contributed by atoms with Gasteiger partial charge in [-0.05, 0) is 37.8 Å². The summed E-state index contributed by atoms with van der Waals surface area (Å²) in [5.74, 6) is -1.13. The Morgan fingerprint density at radius 2 is 2.21 bits per heavy atom. The number of carbonyl (C=O) groups excluding carboxylic acids is 1. The van der Waals surface area contributed by atoms with Crippen LogP contribution in [0.1, 0.15) is 24.8 Å². The van der Waals surface area contributed by atoms with E-state index in [-0.39, 0.29) is 18.0 Å². The maximum Gasteiger partial charge on any atom is 0.319 e. The van der Waals surface area contributed by atoms with Crippen LogP contribution in [-0.2, 0) is 4.79 Å². The molecule has 6 heteroatoms. The van der Waals surface area contributed by atoms with Gasteiger partial charge >= 0.3 is 12.0 Å². The number of hydrogen-bond donors (Lipinski definition) is 3. The van der Waals surface area contributed by atoms with Gasteiger partial charge in [0, 0.05) is 12.2 Å². The number of anilines is 1. The van der Waals surface area contributed by atoms with Gasteiger partial charge in [-0.25, -0.2) is 4.79 Å². The molecule has 0 spiro atoms. The predicted molar refractivity (Wildman–Crippen MR) is 69.9 cm³/mol. The molecule has 1 aromatic heterocycles. The predicted octanol–water partition coefficient (Wildman–Crippen LogP) is 1.76. The number of carboxylic acid groups (broad SMARTS) is 1. The summed E-state index contributed by atoms with van der Waals surface area (Å²) in [4.78, 5) is 26.6. The number of aromatic nitrogens is 1. The minimum absolute atomic E-state index is 0.0712. The summed E-state index contributed by atoms with van der Waals surface area (Å²) in [6.45, 7) is 1.88. The van der Waals surface area contributed by atoms with Crippen LogP contribution in [0.5, 0.6) is 0 Å². The number of pyridine rings is 1. The lowest BCUT2D eigenvalue weighted by atomic mass is 10.1. The van der Waals surface area contributed by atoms with Crippen LogP contribution in [0.15, 0.2) is 18.5 Å². The van der Waals surface area contributed by atoms with E-state index in [4.69, 9.17) is 5.11 Å². The molecule has 0 aliphatic heterocycles. The maximum atomic E-state index is 11.8. The Balaban J connectivity index is 1.86. The van der Waals surface area contributed by atoms with E-state index >= 15 is 0 Å². The molecule has 2 amide bonds. The van der Waals surface area contributed by atoms with Gasteiger partial charge in [0.25, 0.3) is 0 Å². The van der Waals surface area contributed by atoms with E-state index < -0.39 is 5.97 Å². The van der Waals surface area contributed by atoms with Gasteiger partial charge < -0.3 is 15.7 Å². The van der Waals surface area contributed by atoms with Crippen LogP contribution in [0, 0.1) is 12.8 Å². The first kappa shape index (κ1) is 13.3. The Hall–Kier alpha value is -2.11. The van der Waals surface area contributed by atoms with Crippen molar-refractivity contribution in [1.29, 1.82) is 0 Å². The fraction of sp³-hybridized carbons (Fsp3) is 0.462. The number of nitrogens with one attached hydrogen (secondary N) is 2. The molecule has 0 bridgehead atoms. The summed E-state index contributed by atoms with van der Waals surface area (Å²) >= 11 is 0. The van der Waals surface area contributed by atoms with Crippen molar-refractivity contribution < 1.29 is 14.7 Å². The van der Waals surface area contributed by atoms with Crippen LogP contribution in [-0.4, -0.2) is 28.1 Å². The second-order valence-corrected chi connectivity index (χ2v) is 4.83. The zero-order valence-electron chi connectivity index (χ0n) is 10.7. The number of carbonyl (C=O) groups is 2. The van der Waals surface area contributed by atoms with Crippen molar-refractivity contribution in [3.8, 4) is 0 Å². The molecule has 1 aliphatic carbocycles. The molecule has 0 unspecified atom stereocenters. The molecule has 0 aromatic carbocycles. The highest BCUT2D eigenvalue weighted by Gasteiger charge is 2.30. The molecule has 6 nitrogen and oxygen atoms in total. The Kier molecular flexibility index (Phi) is 3.99. The van der Waals surface area contributed by atoms with E-state index in [9.17, 15) is 9.59 Å². The van der Waals surface area contributed by atoms with Crippen molar-refractivity contribution in [1.82, 2.24) is 10.3 Å². The van der Waals surface area contributed by atoms with Gasteiger partial charge in [-0.15, -0.1) is 0 Å². The summed E-state index contributed by atoms with van der Waals surface area (Å²) in [6, 6.07) is 1.43. The fourth-order valence-electron chi connectivity index (χ4n) is 2.28. The summed E-state index contributed by atoms with van der Waals surface area (Å²) in [7, 11) is 0. The molecule has 0 radical (unpaired) electrons. The smallest absolute Gasteiger partial charge is 0.319 e. The van der Waals surface area contributed by atoms with Gasteiger partial charge in [-0.3, -0.25) is 9.78 Å². The molecule has 1 aromatic rings. The lowest BCUT2D eigenvalue weighted by Gasteiger charge is -2.14. The first-order valence-corrected chi connectivity index (χ1v) is 6.27. The Labute approximate surface area is 111 Å². The summed E-state index contributed by atoms with van der Waals surface area (Å²) < 4.78 is 0. The van der Waals surface area contributed by atoms with E-state index in [1.165, 1.54) is 0 Å².